The number of rotatable bonds is 20. The molecule has 14 nitrogen and oxygen atoms in total. The molecule has 2 fully saturated rings. The monoisotopic (exact) mass is 872 g/mol. The van der Waals surface area contributed by atoms with Crippen molar-refractivity contribution < 1.29 is 47.8 Å². The molecule has 64 heavy (non-hydrogen) atoms. The highest BCUT2D eigenvalue weighted by Gasteiger charge is 2.52. The lowest BCUT2D eigenvalue weighted by Gasteiger charge is -2.48. The van der Waals surface area contributed by atoms with E-state index in [0.29, 0.717) is 0 Å². The minimum absolute atomic E-state index is 0.0426. The lowest BCUT2D eigenvalue weighted by molar-refractivity contribution is -0.359. The fourth-order valence-corrected chi connectivity index (χ4v) is 7.78. The second kappa shape index (κ2) is 23.9. The Morgan fingerprint density at radius 1 is 0.594 bits per heavy atom. The predicted molar refractivity (Wildman–Crippen MR) is 237 cm³/mol. The highest BCUT2D eigenvalue weighted by Crippen LogP contribution is 2.35. The first kappa shape index (κ1) is 46.4. The molecule has 0 aliphatic carbocycles. The van der Waals surface area contributed by atoms with E-state index in [9.17, 15) is 15.4 Å². The summed E-state index contributed by atoms with van der Waals surface area (Å²) < 4.78 is 51.8. The molecule has 0 unspecified atom stereocenters. The van der Waals surface area contributed by atoms with E-state index < -0.39 is 67.4 Å². The van der Waals surface area contributed by atoms with Crippen molar-refractivity contribution in [3.8, 4) is 0 Å². The van der Waals surface area contributed by atoms with Gasteiger partial charge in [0, 0.05) is 18.0 Å². The molecule has 10 atom stereocenters. The molecule has 0 bridgehead atoms. The fraction of sp³-hybridized carbons (Fsp3) is 0.380. The van der Waals surface area contributed by atoms with Crippen LogP contribution in [0, 0.1) is 0 Å². The van der Waals surface area contributed by atoms with Crippen LogP contribution in [0.2, 0.25) is 0 Å². The minimum Gasteiger partial charge on any atom is -0.445 e. The third kappa shape index (κ3) is 13.0. The zero-order chi connectivity index (χ0) is 44.5. The van der Waals surface area contributed by atoms with Crippen LogP contribution in [-0.2, 0) is 70.9 Å². The second-order valence-corrected chi connectivity index (χ2v) is 15.8. The van der Waals surface area contributed by atoms with Crippen molar-refractivity contribution in [2.45, 2.75) is 108 Å². The van der Waals surface area contributed by atoms with E-state index in [1.807, 2.05) is 159 Å². The number of benzene rings is 5. The molecule has 0 aromatic heterocycles. The summed E-state index contributed by atoms with van der Waals surface area (Å²) in [6.45, 7) is 4.74. The van der Waals surface area contributed by atoms with Crippen LogP contribution in [0.4, 0.5) is 4.79 Å². The van der Waals surface area contributed by atoms with Crippen LogP contribution >= 0.6 is 0 Å². The number of aliphatic hydroxyl groups is 1. The molecule has 0 saturated carbocycles. The molecule has 1 N–H and O–H groups in total. The summed E-state index contributed by atoms with van der Waals surface area (Å²) in [6.07, 6.45) is -9.17. The standard InChI is InChI=1S/C50H56N4O10/c1-35-42(52-53-51)45(59-32-39-22-12-5-13-23-39)43(55)48(62-35)64-46-44(58-31-38-20-10-4-11-21-38)36(2)63-49(47(46)60-33-40-24-14-6-15-25-40)57-29-28-54(30-37-18-8-3-9-19-37)50(56)61-34-41-26-16-7-17-27-41/h3-27,35-36,42-49,55H,28-34H2,1-2H3/t35-,36+,42-,43-,44+,45+,46-,47-,48+,49-/m1/s1. The van der Waals surface area contributed by atoms with Gasteiger partial charge in [0.05, 0.1) is 50.8 Å². The molecule has 7 rings (SSSR count). The summed E-state index contributed by atoms with van der Waals surface area (Å²) in [4.78, 5) is 18.3. The van der Waals surface area contributed by atoms with Gasteiger partial charge in [-0.25, -0.2) is 4.79 Å². The third-order valence-corrected chi connectivity index (χ3v) is 11.2. The summed E-state index contributed by atoms with van der Waals surface area (Å²) in [6, 6.07) is 47.2. The molecule has 5 aromatic carbocycles. The lowest BCUT2D eigenvalue weighted by Crippen LogP contribution is -2.64. The van der Waals surface area contributed by atoms with Crippen LogP contribution in [0.15, 0.2) is 157 Å². The Labute approximate surface area is 374 Å². The Balaban J connectivity index is 1.15. The van der Waals surface area contributed by atoms with E-state index in [0.717, 1.165) is 27.8 Å². The topological polar surface area (TPSA) is 163 Å². The van der Waals surface area contributed by atoms with Gasteiger partial charge in [0.25, 0.3) is 0 Å². The largest absolute Gasteiger partial charge is 0.445 e. The fourth-order valence-electron chi connectivity index (χ4n) is 7.78. The van der Waals surface area contributed by atoms with E-state index >= 15 is 0 Å². The maximum absolute atomic E-state index is 13.6. The number of nitrogens with zero attached hydrogens (tertiary/aromatic N) is 4. The van der Waals surface area contributed by atoms with E-state index in [4.69, 9.17) is 37.9 Å². The minimum atomic E-state index is -1.40. The van der Waals surface area contributed by atoms with E-state index in [-0.39, 0.29) is 46.1 Å². The molecule has 2 saturated heterocycles. The molecular weight excluding hydrogens is 817 g/mol. The zero-order valence-corrected chi connectivity index (χ0v) is 36.1. The van der Waals surface area contributed by atoms with Gasteiger partial charge in [-0.15, -0.1) is 0 Å². The van der Waals surface area contributed by atoms with E-state index in [2.05, 4.69) is 10.0 Å². The molecule has 0 spiro atoms. The van der Waals surface area contributed by atoms with E-state index in [1.165, 1.54) is 0 Å². The van der Waals surface area contributed by atoms with Crippen LogP contribution in [0.5, 0.6) is 0 Å². The second-order valence-electron chi connectivity index (χ2n) is 15.8. The number of carbonyl (C=O) groups is 1. The number of azide groups is 1. The maximum Gasteiger partial charge on any atom is 0.410 e. The van der Waals surface area contributed by atoms with Crippen LogP contribution in [-0.4, -0.2) is 90.6 Å². The van der Waals surface area contributed by atoms with Gasteiger partial charge < -0.3 is 47.9 Å². The highest BCUT2D eigenvalue weighted by molar-refractivity contribution is 5.67. The van der Waals surface area contributed by atoms with Gasteiger partial charge in [0.15, 0.2) is 12.6 Å². The molecule has 5 aromatic rings. The van der Waals surface area contributed by atoms with Crippen molar-refractivity contribution in [1.82, 2.24) is 4.90 Å². The summed E-state index contributed by atoms with van der Waals surface area (Å²) in [7, 11) is 0. The number of hydrogen-bond acceptors (Lipinski definition) is 11. The van der Waals surface area contributed by atoms with Gasteiger partial charge >= 0.3 is 6.09 Å². The predicted octanol–water partition coefficient (Wildman–Crippen LogP) is 8.51. The van der Waals surface area contributed by atoms with Crippen molar-refractivity contribution in [2.24, 2.45) is 5.11 Å². The van der Waals surface area contributed by atoms with E-state index in [1.54, 1.807) is 11.8 Å². The molecular formula is C50H56N4O10. The quantitative estimate of drug-likeness (QED) is 0.0456. The Hall–Kier alpha value is -5.64. The number of aliphatic hydroxyl groups excluding tert-OH is 1. The van der Waals surface area contributed by atoms with Gasteiger partial charge in [-0.3, -0.25) is 0 Å². The summed E-state index contributed by atoms with van der Waals surface area (Å²) in [5, 5.41) is 16.0. The molecule has 336 valence electrons. The third-order valence-electron chi connectivity index (χ3n) is 11.2. The Kier molecular flexibility index (Phi) is 17.3. The van der Waals surface area contributed by atoms with Gasteiger partial charge in [0.2, 0.25) is 0 Å². The van der Waals surface area contributed by atoms with Crippen molar-refractivity contribution in [1.29, 1.82) is 0 Å². The summed E-state index contributed by atoms with van der Waals surface area (Å²) in [5.41, 5.74) is 14.0. The Morgan fingerprint density at radius 3 is 1.56 bits per heavy atom. The van der Waals surface area contributed by atoms with Crippen molar-refractivity contribution in [3.05, 3.63) is 190 Å². The smallest absolute Gasteiger partial charge is 0.410 e. The number of hydrogen-bond donors (Lipinski definition) is 1. The first-order valence-corrected chi connectivity index (χ1v) is 21.6. The van der Waals surface area contributed by atoms with Crippen molar-refractivity contribution in [3.63, 3.8) is 0 Å². The van der Waals surface area contributed by atoms with Crippen molar-refractivity contribution >= 4 is 6.09 Å². The molecule has 2 aliphatic rings. The SMILES string of the molecule is C[C@@H]1O[C@@H](OCCN(Cc2ccccc2)C(=O)OCc2ccccc2)[C@H](OCc2ccccc2)[C@H](O[C@@H]2O[C@H](C)[C@@H](N=[N+]=[N-])[C@H](OCc3ccccc3)[C@H]2O)[C@H]1OCc1ccccc1. The van der Waals surface area contributed by atoms with Gasteiger partial charge in [0.1, 0.15) is 31.0 Å². The zero-order valence-electron chi connectivity index (χ0n) is 36.1. The summed E-state index contributed by atoms with van der Waals surface area (Å²) in [5.74, 6) is 0. The highest BCUT2D eigenvalue weighted by atomic mass is 16.7. The van der Waals surface area contributed by atoms with Crippen molar-refractivity contribution in [2.75, 3.05) is 13.2 Å². The normalized spacial score (nSPS) is 25.5. The maximum atomic E-state index is 13.6. The molecule has 2 heterocycles. The first-order chi connectivity index (χ1) is 31.4. The average Bonchev–Trinajstić information content (AvgIpc) is 3.33. The van der Waals surface area contributed by atoms with Crippen LogP contribution < -0.4 is 0 Å². The van der Waals surface area contributed by atoms with Gasteiger partial charge in [-0.1, -0.05) is 157 Å². The van der Waals surface area contributed by atoms with Crippen LogP contribution in [0.25, 0.3) is 10.4 Å². The number of ether oxygens (including phenoxy) is 8. The number of amides is 1. The lowest BCUT2D eigenvalue weighted by atomic mass is 9.95. The molecule has 2 aliphatic heterocycles. The van der Waals surface area contributed by atoms with Gasteiger partial charge in [-0.2, -0.15) is 0 Å². The van der Waals surface area contributed by atoms with Crippen LogP contribution in [0.3, 0.4) is 0 Å². The summed E-state index contributed by atoms with van der Waals surface area (Å²) >= 11 is 0. The molecule has 0 radical (unpaired) electrons. The molecule has 14 heteroatoms. The van der Waals surface area contributed by atoms with Crippen LogP contribution in [0.1, 0.15) is 41.7 Å². The average molecular weight is 873 g/mol. The first-order valence-electron chi connectivity index (χ1n) is 21.6. The Morgan fingerprint density at radius 2 is 1.05 bits per heavy atom. The van der Waals surface area contributed by atoms with Gasteiger partial charge in [-0.05, 0) is 47.2 Å². The number of carbonyl (C=O) groups excluding carboxylic acids is 1. The molecule has 1 amide bonds. The Bertz CT molecular complexity index is 2170.